The standard InChI is InChI=1S/C16H25N3/c1-2-6-16(19-10-3-4-11-19)15(5-1)7-12-18-13-8-17-9-14-18/h1-2,5-6,17H,3-4,7-14H2. The number of hydrogen-bond acceptors (Lipinski definition) is 3. The van der Waals surface area contributed by atoms with Crippen molar-refractivity contribution in [2.75, 3.05) is 50.7 Å². The lowest BCUT2D eigenvalue weighted by molar-refractivity contribution is 0.244. The van der Waals surface area contributed by atoms with Crippen LogP contribution in [-0.4, -0.2) is 50.7 Å². The Morgan fingerprint density at radius 2 is 1.68 bits per heavy atom. The SMILES string of the molecule is c1ccc(N2CCCC2)c(CCN2CCNCC2)c1. The Bertz CT molecular complexity index is 393. The van der Waals surface area contributed by atoms with Crippen molar-refractivity contribution >= 4 is 5.69 Å². The summed E-state index contributed by atoms with van der Waals surface area (Å²) < 4.78 is 0. The number of hydrogen-bond donors (Lipinski definition) is 1. The molecule has 0 spiro atoms. The highest BCUT2D eigenvalue weighted by Crippen LogP contribution is 2.24. The third kappa shape index (κ3) is 3.28. The number of anilines is 1. The van der Waals surface area contributed by atoms with Crippen molar-refractivity contribution in [1.82, 2.24) is 10.2 Å². The van der Waals surface area contributed by atoms with Crippen LogP contribution >= 0.6 is 0 Å². The van der Waals surface area contributed by atoms with E-state index in [0.717, 1.165) is 13.1 Å². The first-order chi connectivity index (χ1) is 9.43. The van der Waals surface area contributed by atoms with Crippen LogP contribution in [0.1, 0.15) is 18.4 Å². The van der Waals surface area contributed by atoms with Crippen LogP contribution in [0, 0.1) is 0 Å². The second kappa shape index (κ2) is 6.40. The topological polar surface area (TPSA) is 18.5 Å². The van der Waals surface area contributed by atoms with Crippen LogP contribution in [0.4, 0.5) is 5.69 Å². The summed E-state index contributed by atoms with van der Waals surface area (Å²) in [5.74, 6) is 0. The summed E-state index contributed by atoms with van der Waals surface area (Å²) in [4.78, 5) is 5.14. The molecule has 2 heterocycles. The van der Waals surface area contributed by atoms with Crippen LogP contribution in [0.15, 0.2) is 24.3 Å². The van der Waals surface area contributed by atoms with E-state index in [1.54, 1.807) is 0 Å². The Balaban J connectivity index is 1.62. The van der Waals surface area contributed by atoms with Gasteiger partial charge in [0.05, 0.1) is 0 Å². The molecule has 1 aromatic carbocycles. The summed E-state index contributed by atoms with van der Waals surface area (Å²) in [7, 11) is 0. The second-order valence-electron chi connectivity index (χ2n) is 5.66. The lowest BCUT2D eigenvalue weighted by atomic mass is 10.1. The van der Waals surface area contributed by atoms with Crippen molar-refractivity contribution in [2.24, 2.45) is 0 Å². The van der Waals surface area contributed by atoms with E-state index < -0.39 is 0 Å². The number of para-hydroxylation sites is 1. The summed E-state index contributed by atoms with van der Waals surface area (Å²) in [6.07, 6.45) is 3.89. The molecule has 3 rings (SSSR count). The summed E-state index contributed by atoms with van der Waals surface area (Å²) in [6.45, 7) is 8.38. The van der Waals surface area contributed by atoms with Crippen LogP contribution < -0.4 is 10.2 Å². The Morgan fingerprint density at radius 3 is 2.47 bits per heavy atom. The zero-order valence-corrected chi connectivity index (χ0v) is 11.8. The van der Waals surface area contributed by atoms with Crippen molar-refractivity contribution in [3.8, 4) is 0 Å². The number of benzene rings is 1. The fourth-order valence-corrected chi connectivity index (χ4v) is 3.20. The molecule has 3 nitrogen and oxygen atoms in total. The molecule has 0 saturated carbocycles. The predicted molar refractivity (Wildman–Crippen MR) is 80.9 cm³/mol. The Labute approximate surface area is 116 Å². The minimum atomic E-state index is 1.15. The van der Waals surface area contributed by atoms with E-state index >= 15 is 0 Å². The zero-order chi connectivity index (χ0) is 12.9. The van der Waals surface area contributed by atoms with Gasteiger partial charge in [-0.1, -0.05) is 18.2 Å². The number of nitrogens with one attached hydrogen (secondary N) is 1. The second-order valence-corrected chi connectivity index (χ2v) is 5.66. The maximum absolute atomic E-state index is 3.42. The van der Waals surface area contributed by atoms with Gasteiger partial charge < -0.3 is 15.1 Å². The molecule has 0 aromatic heterocycles. The van der Waals surface area contributed by atoms with E-state index in [4.69, 9.17) is 0 Å². The average molecular weight is 259 g/mol. The molecule has 0 atom stereocenters. The molecule has 19 heavy (non-hydrogen) atoms. The molecule has 0 bridgehead atoms. The number of piperazine rings is 1. The van der Waals surface area contributed by atoms with Gasteiger partial charge in [0.25, 0.3) is 0 Å². The van der Waals surface area contributed by atoms with Crippen LogP contribution in [0.2, 0.25) is 0 Å². The first-order valence-electron chi connectivity index (χ1n) is 7.69. The van der Waals surface area contributed by atoms with Crippen molar-refractivity contribution in [2.45, 2.75) is 19.3 Å². The highest BCUT2D eigenvalue weighted by Gasteiger charge is 2.16. The fraction of sp³-hybridized carbons (Fsp3) is 0.625. The highest BCUT2D eigenvalue weighted by atomic mass is 15.2. The molecule has 3 heteroatoms. The van der Waals surface area contributed by atoms with Gasteiger partial charge in [-0.15, -0.1) is 0 Å². The average Bonchev–Trinajstić information content (AvgIpc) is 3.01. The molecule has 0 amide bonds. The molecular weight excluding hydrogens is 234 g/mol. The van der Waals surface area contributed by atoms with E-state index in [9.17, 15) is 0 Å². The van der Waals surface area contributed by atoms with Crippen molar-refractivity contribution in [1.29, 1.82) is 0 Å². The van der Waals surface area contributed by atoms with E-state index in [2.05, 4.69) is 39.4 Å². The zero-order valence-electron chi connectivity index (χ0n) is 11.8. The van der Waals surface area contributed by atoms with Gasteiger partial charge in [0.2, 0.25) is 0 Å². The quantitative estimate of drug-likeness (QED) is 0.888. The molecule has 1 N–H and O–H groups in total. The molecular formula is C16H25N3. The monoisotopic (exact) mass is 259 g/mol. The molecule has 2 aliphatic heterocycles. The van der Waals surface area contributed by atoms with E-state index in [0.29, 0.717) is 0 Å². The summed E-state index contributed by atoms with van der Waals surface area (Å²) in [5.41, 5.74) is 3.01. The van der Waals surface area contributed by atoms with E-state index in [-0.39, 0.29) is 0 Å². The summed E-state index contributed by atoms with van der Waals surface area (Å²) in [6, 6.07) is 8.99. The molecule has 2 aliphatic rings. The highest BCUT2D eigenvalue weighted by molar-refractivity contribution is 5.54. The lowest BCUT2D eigenvalue weighted by Gasteiger charge is -2.28. The maximum Gasteiger partial charge on any atom is 0.0399 e. The Hall–Kier alpha value is -1.06. The molecule has 0 unspecified atom stereocenters. The Morgan fingerprint density at radius 1 is 0.947 bits per heavy atom. The normalized spacial score (nSPS) is 20.9. The maximum atomic E-state index is 3.42. The van der Waals surface area contributed by atoms with Crippen molar-refractivity contribution in [3.63, 3.8) is 0 Å². The molecule has 2 fully saturated rings. The minimum Gasteiger partial charge on any atom is -0.371 e. The molecule has 0 aliphatic carbocycles. The lowest BCUT2D eigenvalue weighted by Crippen LogP contribution is -2.44. The van der Waals surface area contributed by atoms with Crippen LogP contribution in [0.25, 0.3) is 0 Å². The number of nitrogens with zero attached hydrogens (tertiary/aromatic N) is 2. The number of rotatable bonds is 4. The van der Waals surface area contributed by atoms with Gasteiger partial charge in [-0.2, -0.15) is 0 Å². The van der Waals surface area contributed by atoms with E-state index in [1.807, 2.05) is 0 Å². The predicted octanol–water partition coefficient (Wildman–Crippen LogP) is 1.73. The van der Waals surface area contributed by atoms with Gasteiger partial charge in [-0.3, -0.25) is 0 Å². The third-order valence-electron chi connectivity index (χ3n) is 4.35. The van der Waals surface area contributed by atoms with Crippen LogP contribution in [-0.2, 0) is 6.42 Å². The first kappa shape index (κ1) is 12.9. The fourth-order valence-electron chi connectivity index (χ4n) is 3.20. The van der Waals surface area contributed by atoms with Crippen molar-refractivity contribution < 1.29 is 0 Å². The summed E-state index contributed by atoms with van der Waals surface area (Å²) >= 11 is 0. The minimum absolute atomic E-state index is 1.15. The van der Waals surface area contributed by atoms with Gasteiger partial charge >= 0.3 is 0 Å². The smallest absolute Gasteiger partial charge is 0.0399 e. The van der Waals surface area contributed by atoms with Gasteiger partial charge in [-0.05, 0) is 30.9 Å². The van der Waals surface area contributed by atoms with Gasteiger partial charge in [-0.25, -0.2) is 0 Å². The van der Waals surface area contributed by atoms with E-state index in [1.165, 1.54) is 63.2 Å². The third-order valence-corrected chi connectivity index (χ3v) is 4.35. The van der Waals surface area contributed by atoms with Gasteiger partial charge in [0.1, 0.15) is 0 Å². The summed E-state index contributed by atoms with van der Waals surface area (Å²) in [5, 5.41) is 3.42. The molecule has 104 valence electrons. The Kier molecular flexibility index (Phi) is 4.36. The molecule has 0 radical (unpaired) electrons. The van der Waals surface area contributed by atoms with Crippen LogP contribution in [0.5, 0.6) is 0 Å². The van der Waals surface area contributed by atoms with Crippen molar-refractivity contribution in [3.05, 3.63) is 29.8 Å². The first-order valence-corrected chi connectivity index (χ1v) is 7.69. The molecule has 2 saturated heterocycles. The molecule has 1 aromatic rings. The largest absolute Gasteiger partial charge is 0.371 e. The van der Waals surface area contributed by atoms with Crippen LogP contribution in [0.3, 0.4) is 0 Å². The van der Waals surface area contributed by atoms with Gasteiger partial charge in [0.15, 0.2) is 0 Å². The van der Waals surface area contributed by atoms with Gasteiger partial charge in [0, 0.05) is 51.5 Å².